The minimum absolute atomic E-state index is 0.204. The van der Waals surface area contributed by atoms with E-state index in [2.05, 4.69) is 6.58 Å². The molecule has 0 spiro atoms. The minimum Gasteiger partial charge on any atom is -0.272 e. The number of amides is 2. The highest BCUT2D eigenvalue weighted by Crippen LogP contribution is 2.08. The Balaban J connectivity index is 2.64. The summed E-state index contributed by atoms with van der Waals surface area (Å²) in [5.41, 5.74) is 0.915. The molecule has 0 saturated carbocycles. The maximum Gasteiger partial charge on any atom is 0.253 e. The first-order valence-electron chi connectivity index (χ1n) is 6.82. The molecule has 108 valence electrons. The van der Waals surface area contributed by atoms with Gasteiger partial charge in [0.05, 0.1) is 0 Å². The first kappa shape index (κ1) is 16.1. The fraction of sp³-hybridized carbons (Fsp3) is 0.375. The van der Waals surface area contributed by atoms with Crippen LogP contribution in [0.5, 0.6) is 0 Å². The first-order chi connectivity index (χ1) is 9.69. The van der Waals surface area contributed by atoms with Gasteiger partial charge in [0.1, 0.15) is 6.61 Å². The Kier molecular flexibility index (Phi) is 7.29. The highest BCUT2D eigenvalue weighted by atomic mass is 16.7. The molecule has 0 fully saturated rings. The Morgan fingerprint density at radius 1 is 1.20 bits per heavy atom. The van der Waals surface area contributed by atoms with Crippen molar-refractivity contribution in [2.75, 3.05) is 0 Å². The van der Waals surface area contributed by atoms with Gasteiger partial charge in [-0.25, -0.2) is 0 Å². The number of hydrogen-bond donors (Lipinski definition) is 0. The van der Waals surface area contributed by atoms with Crippen LogP contribution in [-0.4, -0.2) is 16.9 Å². The normalized spacial score (nSPS) is 10.1. The van der Waals surface area contributed by atoms with Crippen LogP contribution in [0.15, 0.2) is 43.0 Å². The summed E-state index contributed by atoms with van der Waals surface area (Å²) in [7, 11) is 0. The van der Waals surface area contributed by atoms with Crippen molar-refractivity contribution in [2.24, 2.45) is 0 Å². The molecule has 4 heteroatoms. The van der Waals surface area contributed by atoms with Crippen LogP contribution in [0.25, 0.3) is 0 Å². The Morgan fingerprint density at radius 2 is 1.85 bits per heavy atom. The maximum absolute atomic E-state index is 12.0. The van der Waals surface area contributed by atoms with Crippen molar-refractivity contribution >= 4 is 11.8 Å². The molecule has 0 aromatic heterocycles. The van der Waals surface area contributed by atoms with E-state index in [-0.39, 0.29) is 24.8 Å². The number of imide groups is 1. The average Bonchev–Trinajstić information content (AvgIpc) is 2.46. The Bertz CT molecular complexity index is 442. The lowest BCUT2D eigenvalue weighted by atomic mass is 10.2. The summed E-state index contributed by atoms with van der Waals surface area (Å²) in [5.74, 6) is -0.614. The predicted molar refractivity (Wildman–Crippen MR) is 77.4 cm³/mol. The van der Waals surface area contributed by atoms with Gasteiger partial charge in [-0.1, -0.05) is 43.3 Å². The molecule has 4 nitrogen and oxygen atoms in total. The van der Waals surface area contributed by atoms with E-state index >= 15 is 0 Å². The van der Waals surface area contributed by atoms with E-state index in [4.69, 9.17) is 4.84 Å². The Hall–Kier alpha value is -1.94. The zero-order valence-corrected chi connectivity index (χ0v) is 11.9. The van der Waals surface area contributed by atoms with Crippen molar-refractivity contribution < 1.29 is 14.4 Å². The van der Waals surface area contributed by atoms with Crippen molar-refractivity contribution in [1.29, 1.82) is 0 Å². The topological polar surface area (TPSA) is 46.6 Å². The Morgan fingerprint density at radius 3 is 2.45 bits per heavy atom. The standard InChI is InChI=1S/C16H21NO3/c1-3-5-12-16(19)17(15(18)9-4-2)20-13-14-10-7-6-8-11-14/h3,6-8,10-11H,1,4-5,9,12-13H2,2H3. The molecule has 0 N–H and O–H groups in total. The zero-order chi connectivity index (χ0) is 14.8. The number of nitrogens with zero attached hydrogens (tertiary/aromatic N) is 1. The third kappa shape index (κ3) is 5.36. The van der Waals surface area contributed by atoms with E-state index in [1.807, 2.05) is 37.3 Å². The Labute approximate surface area is 120 Å². The molecule has 0 saturated heterocycles. The lowest BCUT2D eigenvalue weighted by Crippen LogP contribution is -2.36. The molecule has 20 heavy (non-hydrogen) atoms. The summed E-state index contributed by atoms with van der Waals surface area (Å²) in [6, 6.07) is 9.44. The highest BCUT2D eigenvalue weighted by Gasteiger charge is 2.21. The fourth-order valence-corrected chi connectivity index (χ4v) is 1.64. The molecular formula is C16H21NO3. The quantitative estimate of drug-likeness (QED) is 0.540. The second kappa shape index (κ2) is 9.04. The monoisotopic (exact) mass is 275 g/mol. The summed E-state index contributed by atoms with van der Waals surface area (Å²) < 4.78 is 0. The first-order valence-corrected chi connectivity index (χ1v) is 6.82. The molecule has 1 aromatic carbocycles. The summed E-state index contributed by atoms with van der Waals surface area (Å²) in [6.45, 7) is 5.67. The molecule has 2 amide bonds. The van der Waals surface area contributed by atoms with E-state index in [9.17, 15) is 9.59 Å². The second-order valence-electron chi connectivity index (χ2n) is 4.42. The van der Waals surface area contributed by atoms with Gasteiger partial charge in [-0.3, -0.25) is 14.4 Å². The van der Waals surface area contributed by atoms with Crippen LogP contribution in [0, 0.1) is 0 Å². The number of carbonyl (C=O) groups excluding carboxylic acids is 2. The highest BCUT2D eigenvalue weighted by molar-refractivity contribution is 5.93. The van der Waals surface area contributed by atoms with Crippen LogP contribution in [0.2, 0.25) is 0 Å². The number of carbonyl (C=O) groups is 2. The van der Waals surface area contributed by atoms with E-state index in [0.717, 1.165) is 10.6 Å². The number of hydroxylamine groups is 2. The van der Waals surface area contributed by atoms with Crippen molar-refractivity contribution in [3.8, 4) is 0 Å². The van der Waals surface area contributed by atoms with Gasteiger partial charge in [0.25, 0.3) is 11.8 Å². The van der Waals surface area contributed by atoms with Crippen LogP contribution in [0.4, 0.5) is 0 Å². The fourth-order valence-electron chi connectivity index (χ4n) is 1.64. The van der Waals surface area contributed by atoms with Gasteiger partial charge in [0.15, 0.2) is 0 Å². The van der Waals surface area contributed by atoms with Gasteiger partial charge in [0.2, 0.25) is 0 Å². The smallest absolute Gasteiger partial charge is 0.253 e. The van der Waals surface area contributed by atoms with Gasteiger partial charge in [-0.05, 0) is 18.4 Å². The number of rotatable bonds is 8. The number of allylic oxidation sites excluding steroid dienone is 1. The van der Waals surface area contributed by atoms with Crippen LogP contribution in [-0.2, 0) is 21.0 Å². The maximum atomic E-state index is 12.0. The van der Waals surface area contributed by atoms with Gasteiger partial charge >= 0.3 is 0 Å². The van der Waals surface area contributed by atoms with Crippen molar-refractivity contribution in [3.63, 3.8) is 0 Å². The van der Waals surface area contributed by atoms with E-state index < -0.39 is 0 Å². The molecule has 1 rings (SSSR count). The third-order valence-electron chi connectivity index (χ3n) is 2.68. The summed E-state index contributed by atoms with van der Waals surface area (Å²) in [6.07, 6.45) is 3.39. The molecule has 0 aliphatic heterocycles. The van der Waals surface area contributed by atoms with Crippen molar-refractivity contribution in [3.05, 3.63) is 48.6 Å². The molecule has 0 unspecified atom stereocenters. The molecule has 0 aliphatic rings. The minimum atomic E-state index is -0.320. The molecule has 1 aromatic rings. The molecule has 0 atom stereocenters. The van der Waals surface area contributed by atoms with E-state index in [0.29, 0.717) is 19.3 Å². The van der Waals surface area contributed by atoms with Crippen molar-refractivity contribution in [1.82, 2.24) is 5.06 Å². The van der Waals surface area contributed by atoms with Gasteiger partial charge in [-0.15, -0.1) is 6.58 Å². The lowest BCUT2D eigenvalue weighted by Gasteiger charge is -2.19. The van der Waals surface area contributed by atoms with Crippen LogP contribution >= 0.6 is 0 Å². The zero-order valence-electron chi connectivity index (χ0n) is 11.9. The lowest BCUT2D eigenvalue weighted by molar-refractivity contribution is -0.199. The second-order valence-corrected chi connectivity index (χ2v) is 4.42. The largest absolute Gasteiger partial charge is 0.272 e. The SMILES string of the molecule is C=CCCC(=O)N(OCc1ccccc1)C(=O)CCC. The molecule has 0 aliphatic carbocycles. The predicted octanol–water partition coefficient (Wildman–Crippen LogP) is 3.24. The summed E-state index contributed by atoms with van der Waals surface area (Å²) >= 11 is 0. The van der Waals surface area contributed by atoms with Crippen LogP contribution < -0.4 is 0 Å². The van der Waals surface area contributed by atoms with Gasteiger partial charge < -0.3 is 0 Å². The van der Waals surface area contributed by atoms with E-state index in [1.54, 1.807) is 6.08 Å². The third-order valence-corrected chi connectivity index (χ3v) is 2.68. The number of hydrogen-bond acceptors (Lipinski definition) is 3. The molecule has 0 radical (unpaired) electrons. The average molecular weight is 275 g/mol. The summed E-state index contributed by atoms with van der Waals surface area (Å²) in [4.78, 5) is 29.3. The van der Waals surface area contributed by atoms with Crippen molar-refractivity contribution in [2.45, 2.75) is 39.2 Å². The summed E-state index contributed by atoms with van der Waals surface area (Å²) in [5, 5.41) is 0.903. The number of benzene rings is 1. The van der Waals surface area contributed by atoms with Gasteiger partial charge in [0, 0.05) is 12.8 Å². The van der Waals surface area contributed by atoms with E-state index in [1.165, 1.54) is 0 Å². The molecule has 0 bridgehead atoms. The van der Waals surface area contributed by atoms with Crippen LogP contribution in [0.1, 0.15) is 38.2 Å². The van der Waals surface area contributed by atoms with Gasteiger partial charge in [-0.2, -0.15) is 5.06 Å². The van der Waals surface area contributed by atoms with Crippen LogP contribution in [0.3, 0.4) is 0 Å². The molecular weight excluding hydrogens is 254 g/mol. The molecule has 0 heterocycles.